The molecule has 0 N–H and O–H groups in total. The van der Waals surface area contributed by atoms with Crippen molar-refractivity contribution < 1.29 is 13.3 Å². The lowest BCUT2D eigenvalue weighted by Crippen LogP contribution is -2.27. The van der Waals surface area contributed by atoms with Crippen LogP contribution in [0, 0.1) is 5.92 Å². The van der Waals surface area contributed by atoms with Gasteiger partial charge in [-0.15, -0.1) is 0 Å². The van der Waals surface area contributed by atoms with Crippen LogP contribution >= 0.6 is 0 Å². The summed E-state index contributed by atoms with van der Waals surface area (Å²) in [6.07, 6.45) is 6.97. The number of rotatable bonds is 8. The van der Waals surface area contributed by atoms with Gasteiger partial charge in [-0.05, 0) is 32.6 Å². The average Bonchev–Trinajstić information content (AvgIpc) is 2.96. The van der Waals surface area contributed by atoms with E-state index in [1.807, 2.05) is 13.8 Å². The van der Waals surface area contributed by atoms with Crippen LogP contribution in [0.2, 0.25) is 0 Å². The second-order valence-electron chi connectivity index (χ2n) is 3.19. The average molecular weight is 215 g/mol. The molecule has 81 valence electrons. The van der Waals surface area contributed by atoms with Crippen molar-refractivity contribution in [2.75, 3.05) is 19.8 Å². The Morgan fingerprint density at radius 3 is 2.29 bits per heavy atom. The molecule has 3 nitrogen and oxygen atoms in total. The van der Waals surface area contributed by atoms with Gasteiger partial charge in [-0.25, -0.2) is 0 Å². The van der Waals surface area contributed by atoms with Crippen LogP contribution in [-0.4, -0.2) is 29.3 Å². The number of hydrogen-bond donors (Lipinski definition) is 0. The maximum Gasteiger partial charge on any atom is 0.578 e. The minimum atomic E-state index is -1.48. The second kappa shape index (κ2) is 7.17. The van der Waals surface area contributed by atoms with Gasteiger partial charge in [-0.2, -0.15) is 0 Å². The van der Waals surface area contributed by atoms with E-state index in [0.717, 1.165) is 5.92 Å². The second-order valence-corrected chi connectivity index (χ2v) is 4.56. The van der Waals surface area contributed by atoms with E-state index >= 15 is 0 Å². The molecule has 0 aromatic rings. The van der Waals surface area contributed by atoms with Crippen LogP contribution in [-0.2, 0) is 13.3 Å². The summed E-state index contributed by atoms with van der Waals surface area (Å²) in [7, 11) is -1.48. The first-order chi connectivity index (χ1) is 6.86. The molecule has 1 fully saturated rings. The van der Waals surface area contributed by atoms with Gasteiger partial charge in [-0.3, -0.25) is 0 Å². The van der Waals surface area contributed by atoms with E-state index in [1.54, 1.807) is 0 Å². The zero-order valence-electron chi connectivity index (χ0n) is 8.99. The van der Waals surface area contributed by atoms with Crippen LogP contribution in [0.15, 0.2) is 12.2 Å². The normalized spacial score (nSPS) is 17.1. The van der Waals surface area contributed by atoms with Crippen molar-refractivity contribution in [2.45, 2.75) is 26.7 Å². The van der Waals surface area contributed by atoms with E-state index in [1.165, 1.54) is 12.8 Å². The van der Waals surface area contributed by atoms with Crippen molar-refractivity contribution in [1.82, 2.24) is 0 Å². The van der Waals surface area contributed by atoms with Crippen molar-refractivity contribution >= 4 is 9.53 Å². The van der Waals surface area contributed by atoms with Crippen LogP contribution in [0.3, 0.4) is 0 Å². The molecule has 0 unspecified atom stereocenters. The van der Waals surface area contributed by atoms with Crippen LogP contribution in [0.25, 0.3) is 0 Å². The molecule has 4 heteroatoms. The monoisotopic (exact) mass is 215 g/mol. The molecule has 14 heavy (non-hydrogen) atoms. The molecular weight excluding hydrogens is 196 g/mol. The quantitative estimate of drug-likeness (QED) is 0.458. The summed E-state index contributed by atoms with van der Waals surface area (Å²) in [5.41, 5.74) is 0. The van der Waals surface area contributed by atoms with Gasteiger partial charge in [0.25, 0.3) is 0 Å². The Kier molecular flexibility index (Phi) is 6.10. The third-order valence-electron chi connectivity index (χ3n) is 1.85. The molecule has 1 radical (unpaired) electrons. The van der Waals surface area contributed by atoms with Crippen LogP contribution < -0.4 is 0 Å². The summed E-state index contributed by atoms with van der Waals surface area (Å²) >= 11 is 0. The van der Waals surface area contributed by atoms with Crippen molar-refractivity contribution in [3.8, 4) is 0 Å². The summed E-state index contributed by atoms with van der Waals surface area (Å²) in [5.74, 6) is 0.813. The maximum atomic E-state index is 5.47. The largest absolute Gasteiger partial charge is 0.578 e. The van der Waals surface area contributed by atoms with E-state index in [2.05, 4.69) is 12.2 Å². The van der Waals surface area contributed by atoms with Gasteiger partial charge in [0.15, 0.2) is 0 Å². The van der Waals surface area contributed by atoms with Gasteiger partial charge in [0, 0.05) is 13.2 Å². The fourth-order valence-electron chi connectivity index (χ4n) is 1.01. The van der Waals surface area contributed by atoms with Crippen molar-refractivity contribution in [2.24, 2.45) is 5.92 Å². The predicted octanol–water partition coefficient (Wildman–Crippen LogP) is 2.03. The van der Waals surface area contributed by atoms with Crippen LogP contribution in [0.5, 0.6) is 0 Å². The Hall–Kier alpha value is -0.163. The minimum Gasteiger partial charge on any atom is -0.371 e. The van der Waals surface area contributed by atoms with E-state index in [9.17, 15) is 0 Å². The maximum absolute atomic E-state index is 5.47. The van der Waals surface area contributed by atoms with Gasteiger partial charge in [0.2, 0.25) is 0 Å². The molecule has 0 heterocycles. The van der Waals surface area contributed by atoms with Gasteiger partial charge in [-0.1, -0.05) is 12.2 Å². The SMILES string of the molecule is CCO[Si](OCC)OCC=CC1CC1. The molecule has 0 amide bonds. The third-order valence-corrected chi connectivity index (χ3v) is 3.30. The molecule has 0 aliphatic heterocycles. The molecule has 1 aliphatic carbocycles. The number of allylic oxidation sites excluding steroid dienone is 1. The zero-order chi connectivity index (χ0) is 10.2. The van der Waals surface area contributed by atoms with Crippen LogP contribution in [0.1, 0.15) is 26.7 Å². The smallest absolute Gasteiger partial charge is 0.371 e. The Labute approximate surface area is 88.0 Å². The predicted molar refractivity (Wildman–Crippen MR) is 56.8 cm³/mol. The van der Waals surface area contributed by atoms with Gasteiger partial charge >= 0.3 is 9.53 Å². The lowest BCUT2D eigenvalue weighted by molar-refractivity contribution is 0.112. The highest BCUT2D eigenvalue weighted by molar-refractivity contribution is 6.36. The van der Waals surface area contributed by atoms with Gasteiger partial charge in [0.05, 0.1) is 6.61 Å². The summed E-state index contributed by atoms with van der Waals surface area (Å²) in [4.78, 5) is 0. The third kappa shape index (κ3) is 5.54. The standard InChI is InChI=1S/C10H19O3Si/c1-3-11-14(12-4-2)13-9-5-6-10-7-8-10/h5-6,10H,3-4,7-9H2,1-2H3. The molecule has 0 aromatic heterocycles. The molecule has 0 aromatic carbocycles. The van der Waals surface area contributed by atoms with Crippen molar-refractivity contribution in [3.63, 3.8) is 0 Å². The summed E-state index contributed by atoms with van der Waals surface area (Å²) in [6, 6.07) is 0. The Balaban J connectivity index is 2.04. The zero-order valence-corrected chi connectivity index (χ0v) is 9.99. The molecule has 0 spiro atoms. The molecule has 0 saturated heterocycles. The van der Waals surface area contributed by atoms with E-state index in [0.29, 0.717) is 19.8 Å². The Morgan fingerprint density at radius 2 is 1.79 bits per heavy atom. The van der Waals surface area contributed by atoms with Gasteiger partial charge < -0.3 is 13.3 Å². The Bertz CT molecular complexity index is 163. The Morgan fingerprint density at radius 1 is 1.14 bits per heavy atom. The molecular formula is C10H19O3Si. The highest BCUT2D eigenvalue weighted by atomic mass is 28.3. The van der Waals surface area contributed by atoms with E-state index in [4.69, 9.17) is 13.3 Å². The topological polar surface area (TPSA) is 27.7 Å². The summed E-state index contributed by atoms with van der Waals surface area (Å²) in [5, 5.41) is 0. The van der Waals surface area contributed by atoms with Crippen LogP contribution in [0.4, 0.5) is 0 Å². The summed E-state index contributed by atoms with van der Waals surface area (Å²) in [6.45, 7) is 5.83. The fourth-order valence-corrected chi connectivity index (χ4v) is 1.97. The lowest BCUT2D eigenvalue weighted by atomic mass is 10.4. The summed E-state index contributed by atoms with van der Waals surface area (Å²) < 4.78 is 16.1. The van der Waals surface area contributed by atoms with E-state index < -0.39 is 9.53 Å². The minimum absolute atomic E-state index is 0.616. The molecule has 1 aliphatic rings. The highest BCUT2D eigenvalue weighted by Gasteiger charge is 2.18. The van der Waals surface area contributed by atoms with Crippen molar-refractivity contribution in [3.05, 3.63) is 12.2 Å². The molecule has 0 atom stereocenters. The van der Waals surface area contributed by atoms with E-state index in [-0.39, 0.29) is 0 Å². The molecule has 1 rings (SSSR count). The number of hydrogen-bond acceptors (Lipinski definition) is 3. The fraction of sp³-hybridized carbons (Fsp3) is 0.800. The molecule has 0 bridgehead atoms. The first-order valence-corrected chi connectivity index (χ1v) is 6.51. The van der Waals surface area contributed by atoms with Crippen molar-refractivity contribution in [1.29, 1.82) is 0 Å². The highest BCUT2D eigenvalue weighted by Crippen LogP contribution is 2.29. The van der Waals surface area contributed by atoms with Gasteiger partial charge in [0.1, 0.15) is 0 Å². The first-order valence-electron chi connectivity index (χ1n) is 5.28. The lowest BCUT2D eigenvalue weighted by Gasteiger charge is -2.10. The molecule has 1 saturated carbocycles. The first kappa shape index (κ1) is 11.9.